The quantitative estimate of drug-likeness (QED) is 0.603. The third-order valence-corrected chi connectivity index (χ3v) is 3.25. The third kappa shape index (κ3) is 2.96. The van der Waals surface area contributed by atoms with Gasteiger partial charge in [-0.1, -0.05) is 11.8 Å². The van der Waals surface area contributed by atoms with Crippen molar-refractivity contribution in [3.63, 3.8) is 0 Å². The molecule has 1 aromatic heterocycles. The highest BCUT2D eigenvalue weighted by atomic mass is 32.1. The van der Waals surface area contributed by atoms with Crippen LogP contribution in [0.4, 0.5) is 0 Å². The van der Waals surface area contributed by atoms with Gasteiger partial charge < -0.3 is 9.84 Å². The Kier molecular flexibility index (Phi) is 4.10. The molecule has 0 radical (unpaired) electrons. The summed E-state index contributed by atoms with van der Waals surface area (Å²) in [7, 11) is 0. The zero-order chi connectivity index (χ0) is 13.0. The molecule has 18 heavy (non-hydrogen) atoms. The minimum atomic E-state index is -0.317. The molecule has 5 nitrogen and oxygen atoms in total. The van der Waals surface area contributed by atoms with Crippen LogP contribution >= 0.6 is 11.3 Å². The Morgan fingerprint density at radius 2 is 2.11 bits per heavy atom. The van der Waals surface area contributed by atoms with Crippen LogP contribution in [0.2, 0.25) is 0 Å². The SMILES string of the molecule is O=C1COCC(=O)N1Cc1cc(C#CCO)cs1. The Morgan fingerprint density at radius 1 is 1.39 bits per heavy atom. The highest BCUT2D eigenvalue weighted by Gasteiger charge is 2.26. The summed E-state index contributed by atoms with van der Waals surface area (Å²) < 4.78 is 4.83. The van der Waals surface area contributed by atoms with E-state index in [0.717, 1.165) is 10.4 Å². The molecule has 6 heteroatoms. The first-order chi connectivity index (χ1) is 8.70. The molecular formula is C12H11NO4S. The standard InChI is InChI=1S/C12H11NO4S/c14-3-1-2-9-4-10(18-8-9)5-13-11(15)6-17-7-12(13)16/h4,8,14H,3,5-7H2. The summed E-state index contributed by atoms with van der Waals surface area (Å²) in [6.45, 7) is -0.0271. The largest absolute Gasteiger partial charge is 0.384 e. The lowest BCUT2D eigenvalue weighted by Gasteiger charge is -2.24. The van der Waals surface area contributed by atoms with E-state index in [4.69, 9.17) is 9.84 Å². The van der Waals surface area contributed by atoms with Gasteiger partial charge in [-0.2, -0.15) is 0 Å². The first-order valence-corrected chi connectivity index (χ1v) is 6.16. The van der Waals surface area contributed by atoms with E-state index in [-0.39, 0.29) is 38.2 Å². The van der Waals surface area contributed by atoms with Crippen molar-refractivity contribution in [2.75, 3.05) is 19.8 Å². The van der Waals surface area contributed by atoms with E-state index < -0.39 is 0 Å². The molecule has 0 aromatic carbocycles. The minimum absolute atomic E-state index is 0.0473. The molecule has 0 saturated carbocycles. The van der Waals surface area contributed by atoms with E-state index in [1.165, 1.54) is 16.2 Å². The lowest BCUT2D eigenvalue weighted by atomic mass is 10.3. The number of thiophene rings is 1. The van der Waals surface area contributed by atoms with Crippen molar-refractivity contribution in [3.05, 3.63) is 21.9 Å². The van der Waals surface area contributed by atoms with E-state index in [1.807, 2.05) is 11.4 Å². The Labute approximate surface area is 108 Å². The summed E-state index contributed by atoms with van der Waals surface area (Å²) in [5.41, 5.74) is 0.775. The van der Waals surface area contributed by atoms with Crippen LogP contribution in [-0.4, -0.2) is 41.6 Å². The molecule has 0 atom stereocenters. The van der Waals surface area contributed by atoms with Crippen molar-refractivity contribution < 1.29 is 19.4 Å². The van der Waals surface area contributed by atoms with E-state index in [0.29, 0.717) is 0 Å². The van der Waals surface area contributed by atoms with Gasteiger partial charge in [0.25, 0.3) is 11.8 Å². The van der Waals surface area contributed by atoms with Crippen molar-refractivity contribution in [2.45, 2.75) is 6.54 Å². The van der Waals surface area contributed by atoms with Crippen LogP contribution in [0.3, 0.4) is 0 Å². The fourth-order valence-corrected chi connectivity index (χ4v) is 2.33. The topological polar surface area (TPSA) is 66.8 Å². The second-order valence-electron chi connectivity index (χ2n) is 3.63. The van der Waals surface area contributed by atoms with Gasteiger partial charge in [0.15, 0.2) is 0 Å². The predicted octanol–water partition coefficient (Wildman–Crippen LogP) is -0.0227. The van der Waals surface area contributed by atoms with E-state index in [1.54, 1.807) is 0 Å². The molecule has 1 saturated heterocycles. The number of hydrogen-bond acceptors (Lipinski definition) is 5. The molecule has 1 aromatic rings. The molecule has 0 spiro atoms. The maximum atomic E-state index is 11.5. The van der Waals surface area contributed by atoms with Gasteiger partial charge in [-0.25, -0.2) is 0 Å². The van der Waals surface area contributed by atoms with Crippen LogP contribution in [0.1, 0.15) is 10.4 Å². The average molecular weight is 265 g/mol. The Morgan fingerprint density at radius 3 is 2.78 bits per heavy atom. The van der Waals surface area contributed by atoms with E-state index in [9.17, 15) is 9.59 Å². The molecule has 0 aliphatic carbocycles. The van der Waals surface area contributed by atoms with Gasteiger partial charge in [-0.3, -0.25) is 14.5 Å². The molecule has 2 heterocycles. The van der Waals surface area contributed by atoms with E-state index in [2.05, 4.69) is 11.8 Å². The second kappa shape index (κ2) is 5.78. The average Bonchev–Trinajstić information content (AvgIpc) is 2.79. The monoisotopic (exact) mass is 265 g/mol. The highest BCUT2D eigenvalue weighted by Crippen LogP contribution is 2.17. The first-order valence-electron chi connectivity index (χ1n) is 5.29. The number of morpholine rings is 1. The zero-order valence-electron chi connectivity index (χ0n) is 9.51. The zero-order valence-corrected chi connectivity index (χ0v) is 10.3. The molecule has 0 unspecified atom stereocenters. The van der Waals surface area contributed by atoms with Gasteiger partial charge in [-0.05, 0) is 6.07 Å². The van der Waals surface area contributed by atoms with Gasteiger partial charge in [0.05, 0.1) is 6.54 Å². The number of aliphatic hydroxyl groups is 1. The third-order valence-electron chi connectivity index (χ3n) is 2.33. The van der Waals surface area contributed by atoms with E-state index >= 15 is 0 Å². The first kappa shape index (κ1) is 12.8. The van der Waals surface area contributed by atoms with Crippen LogP contribution < -0.4 is 0 Å². The number of imide groups is 1. The van der Waals surface area contributed by atoms with Gasteiger partial charge in [-0.15, -0.1) is 11.3 Å². The predicted molar refractivity (Wildman–Crippen MR) is 64.7 cm³/mol. The number of hydrogen-bond donors (Lipinski definition) is 1. The van der Waals surface area contributed by atoms with Gasteiger partial charge >= 0.3 is 0 Å². The van der Waals surface area contributed by atoms with Gasteiger partial charge in [0.1, 0.15) is 19.8 Å². The smallest absolute Gasteiger partial charge is 0.255 e. The summed E-state index contributed by atoms with van der Waals surface area (Å²) >= 11 is 1.43. The molecule has 1 aliphatic heterocycles. The van der Waals surface area contributed by atoms with Crippen LogP contribution in [0.25, 0.3) is 0 Å². The number of rotatable bonds is 2. The number of nitrogens with zero attached hydrogens (tertiary/aromatic N) is 1. The van der Waals surface area contributed by atoms with Crippen LogP contribution in [-0.2, 0) is 20.9 Å². The molecule has 1 N–H and O–H groups in total. The van der Waals surface area contributed by atoms with Crippen molar-refractivity contribution in [2.24, 2.45) is 0 Å². The van der Waals surface area contributed by atoms with Crippen LogP contribution in [0.5, 0.6) is 0 Å². The van der Waals surface area contributed by atoms with Gasteiger partial charge in [0, 0.05) is 15.8 Å². The summed E-state index contributed by atoms with van der Waals surface area (Å²) in [5.74, 6) is 4.68. The molecule has 0 bridgehead atoms. The number of carbonyl (C=O) groups is 2. The molecule has 1 fully saturated rings. The molecular weight excluding hydrogens is 254 g/mol. The van der Waals surface area contributed by atoms with Crippen LogP contribution in [0.15, 0.2) is 11.4 Å². The van der Waals surface area contributed by atoms with Crippen molar-refractivity contribution >= 4 is 23.2 Å². The lowest BCUT2D eigenvalue weighted by Crippen LogP contribution is -2.45. The number of carbonyl (C=O) groups excluding carboxylic acids is 2. The van der Waals surface area contributed by atoms with Crippen molar-refractivity contribution in [1.82, 2.24) is 4.90 Å². The maximum absolute atomic E-state index is 11.5. The maximum Gasteiger partial charge on any atom is 0.255 e. The number of ether oxygens (including phenoxy) is 1. The fraction of sp³-hybridized carbons (Fsp3) is 0.333. The molecule has 2 amide bonds. The molecule has 2 rings (SSSR count). The Hall–Kier alpha value is -1.68. The van der Waals surface area contributed by atoms with Crippen LogP contribution in [0, 0.1) is 11.8 Å². The summed E-state index contributed by atoms with van der Waals surface area (Å²) in [6, 6.07) is 1.81. The Bertz CT molecular complexity index is 510. The second-order valence-corrected chi connectivity index (χ2v) is 4.62. The number of aliphatic hydroxyl groups excluding tert-OH is 1. The normalized spacial score (nSPS) is 15.5. The molecule has 94 valence electrons. The number of amides is 2. The highest BCUT2D eigenvalue weighted by molar-refractivity contribution is 7.10. The lowest BCUT2D eigenvalue weighted by molar-refractivity contribution is -0.159. The summed E-state index contributed by atoms with van der Waals surface area (Å²) in [5, 5.41) is 10.4. The summed E-state index contributed by atoms with van der Waals surface area (Å²) in [6.07, 6.45) is 0. The molecule has 1 aliphatic rings. The Balaban J connectivity index is 2.06. The van der Waals surface area contributed by atoms with Gasteiger partial charge in [0.2, 0.25) is 0 Å². The summed E-state index contributed by atoms with van der Waals surface area (Å²) in [4.78, 5) is 25.1. The minimum Gasteiger partial charge on any atom is -0.384 e. The van der Waals surface area contributed by atoms with Crippen molar-refractivity contribution in [3.8, 4) is 11.8 Å². The van der Waals surface area contributed by atoms with Crippen molar-refractivity contribution in [1.29, 1.82) is 0 Å². The fourth-order valence-electron chi connectivity index (χ4n) is 1.52.